The molecule has 0 spiro atoms. The molecule has 0 aliphatic carbocycles. The van der Waals surface area contributed by atoms with E-state index in [1.54, 1.807) is 24.0 Å². The van der Waals surface area contributed by atoms with Crippen LogP contribution >= 0.6 is 0 Å². The van der Waals surface area contributed by atoms with Crippen molar-refractivity contribution in [3.63, 3.8) is 0 Å². The molecule has 0 bridgehead atoms. The molecule has 158 valence electrons. The van der Waals surface area contributed by atoms with Crippen LogP contribution in [0.3, 0.4) is 0 Å². The van der Waals surface area contributed by atoms with E-state index in [1.165, 1.54) is 35.2 Å². The molecule has 0 radical (unpaired) electrons. The molecule has 2 aromatic carbocycles. The number of nitro groups is 1. The van der Waals surface area contributed by atoms with E-state index < -0.39 is 11.0 Å². The van der Waals surface area contributed by atoms with Gasteiger partial charge in [-0.2, -0.15) is 0 Å². The van der Waals surface area contributed by atoms with Gasteiger partial charge in [-0.05, 0) is 56.5 Å². The van der Waals surface area contributed by atoms with Gasteiger partial charge in [-0.15, -0.1) is 0 Å². The van der Waals surface area contributed by atoms with Gasteiger partial charge >= 0.3 is 0 Å². The topological polar surface area (TPSA) is 83.8 Å². The van der Waals surface area contributed by atoms with E-state index in [9.17, 15) is 24.1 Å². The van der Waals surface area contributed by atoms with Crippen LogP contribution in [0.15, 0.2) is 42.5 Å². The number of rotatable bonds is 6. The number of nitrogens with zero attached hydrogens (tertiary/aromatic N) is 3. The van der Waals surface area contributed by atoms with Crippen molar-refractivity contribution in [2.75, 3.05) is 13.1 Å². The zero-order chi connectivity index (χ0) is 21.8. The predicted octanol–water partition coefficient (Wildman–Crippen LogP) is 3.70. The van der Waals surface area contributed by atoms with Gasteiger partial charge in [-0.25, -0.2) is 4.39 Å². The minimum absolute atomic E-state index is 0.0483. The number of likely N-dealkylation sites (N-methyl/N-ethyl adjacent to an activating group) is 1. The Kier molecular flexibility index (Phi) is 6.44. The van der Waals surface area contributed by atoms with Crippen molar-refractivity contribution in [3.05, 3.63) is 75.1 Å². The number of benzene rings is 2. The summed E-state index contributed by atoms with van der Waals surface area (Å²) in [5.41, 5.74) is 1.36. The molecule has 2 aromatic rings. The third kappa shape index (κ3) is 4.48. The number of nitro benzene ring substituents is 1. The minimum Gasteiger partial charge on any atom is -0.337 e. The highest BCUT2D eigenvalue weighted by molar-refractivity contribution is 5.98. The molecule has 1 saturated heterocycles. The maximum atomic E-state index is 13.5. The molecule has 1 fully saturated rings. The molecule has 2 amide bonds. The van der Waals surface area contributed by atoms with Crippen LogP contribution in [0.25, 0.3) is 0 Å². The van der Waals surface area contributed by atoms with Gasteiger partial charge in [0.15, 0.2) is 0 Å². The molecule has 1 heterocycles. The molecule has 7 nitrogen and oxygen atoms in total. The molecule has 30 heavy (non-hydrogen) atoms. The molecule has 1 aliphatic heterocycles. The zero-order valence-corrected chi connectivity index (χ0v) is 17.0. The number of amides is 2. The van der Waals surface area contributed by atoms with Crippen LogP contribution in [0, 0.1) is 22.9 Å². The molecule has 0 saturated carbocycles. The summed E-state index contributed by atoms with van der Waals surface area (Å²) < 4.78 is 13.5. The summed E-state index contributed by atoms with van der Waals surface area (Å²) in [5, 5.41) is 11.0. The lowest BCUT2D eigenvalue weighted by atomic mass is 10.1. The number of likely N-dealkylation sites (tertiary alicyclic amines) is 1. The molecule has 0 aromatic heterocycles. The highest BCUT2D eigenvalue weighted by Gasteiger charge is 2.36. The van der Waals surface area contributed by atoms with Gasteiger partial charge in [-0.3, -0.25) is 19.7 Å². The van der Waals surface area contributed by atoms with E-state index in [-0.39, 0.29) is 29.9 Å². The van der Waals surface area contributed by atoms with Gasteiger partial charge in [0, 0.05) is 36.8 Å². The van der Waals surface area contributed by atoms with Crippen molar-refractivity contribution in [1.82, 2.24) is 9.80 Å². The summed E-state index contributed by atoms with van der Waals surface area (Å²) in [6.45, 7) is 4.58. The number of hydrogen-bond acceptors (Lipinski definition) is 4. The first-order valence-electron chi connectivity index (χ1n) is 9.91. The fourth-order valence-electron chi connectivity index (χ4n) is 3.84. The lowest BCUT2D eigenvalue weighted by Crippen LogP contribution is -2.47. The smallest absolute Gasteiger partial charge is 0.272 e. The van der Waals surface area contributed by atoms with Crippen LogP contribution in [0.4, 0.5) is 10.1 Å². The largest absolute Gasteiger partial charge is 0.337 e. The fourth-order valence-corrected chi connectivity index (χ4v) is 3.84. The molecule has 8 heteroatoms. The Morgan fingerprint density at radius 1 is 1.27 bits per heavy atom. The van der Waals surface area contributed by atoms with E-state index in [1.807, 2.05) is 6.92 Å². The van der Waals surface area contributed by atoms with Gasteiger partial charge < -0.3 is 9.80 Å². The van der Waals surface area contributed by atoms with Crippen LogP contribution in [-0.4, -0.2) is 45.7 Å². The first kappa shape index (κ1) is 21.4. The van der Waals surface area contributed by atoms with Gasteiger partial charge in [0.25, 0.3) is 11.6 Å². The number of carbonyl (C=O) groups is 2. The highest BCUT2D eigenvalue weighted by atomic mass is 19.1. The summed E-state index contributed by atoms with van der Waals surface area (Å²) in [5.74, 6) is -0.848. The van der Waals surface area contributed by atoms with Gasteiger partial charge in [0.1, 0.15) is 11.9 Å². The maximum absolute atomic E-state index is 13.5. The Hall–Kier alpha value is -3.29. The summed E-state index contributed by atoms with van der Waals surface area (Å²) in [4.78, 5) is 39.9. The van der Waals surface area contributed by atoms with E-state index in [0.717, 1.165) is 0 Å². The molecule has 1 atom stereocenters. The van der Waals surface area contributed by atoms with Crippen molar-refractivity contribution in [3.8, 4) is 0 Å². The highest BCUT2D eigenvalue weighted by Crippen LogP contribution is 2.25. The Labute approximate surface area is 174 Å². The van der Waals surface area contributed by atoms with E-state index >= 15 is 0 Å². The van der Waals surface area contributed by atoms with Crippen LogP contribution in [0.5, 0.6) is 0 Å². The van der Waals surface area contributed by atoms with Gasteiger partial charge in [0.05, 0.1) is 4.92 Å². The second-order valence-corrected chi connectivity index (χ2v) is 7.40. The molecule has 0 N–H and O–H groups in total. The molecule has 1 unspecified atom stereocenters. The Balaban J connectivity index is 1.78. The van der Waals surface area contributed by atoms with E-state index in [2.05, 4.69) is 0 Å². The second kappa shape index (κ2) is 9.02. The zero-order valence-electron chi connectivity index (χ0n) is 17.0. The predicted molar refractivity (Wildman–Crippen MR) is 109 cm³/mol. The first-order valence-corrected chi connectivity index (χ1v) is 9.91. The number of halogens is 1. The SMILES string of the molecule is CCN(Cc1cccc(F)c1)C(=O)C1CCCN1C(=O)c1ccc([N+](=O)[O-])c(C)c1. The number of carbonyl (C=O) groups excluding carboxylic acids is 2. The average molecular weight is 413 g/mol. The standard InChI is InChI=1S/C22H24FN3O4/c1-3-24(14-16-6-4-7-18(23)13-16)22(28)20-8-5-11-25(20)21(27)17-9-10-19(26(29)30)15(2)12-17/h4,6-7,9-10,12-13,20H,3,5,8,11,14H2,1-2H3. The van der Waals surface area contributed by atoms with Crippen LogP contribution in [-0.2, 0) is 11.3 Å². The average Bonchev–Trinajstić information content (AvgIpc) is 3.20. The first-order chi connectivity index (χ1) is 14.3. The Morgan fingerprint density at radius 3 is 2.67 bits per heavy atom. The third-order valence-corrected chi connectivity index (χ3v) is 5.40. The monoisotopic (exact) mass is 413 g/mol. The summed E-state index contributed by atoms with van der Waals surface area (Å²) >= 11 is 0. The van der Waals surface area contributed by atoms with Crippen LogP contribution < -0.4 is 0 Å². The molecular formula is C22H24FN3O4. The molecular weight excluding hydrogens is 389 g/mol. The third-order valence-electron chi connectivity index (χ3n) is 5.40. The summed E-state index contributed by atoms with van der Waals surface area (Å²) in [6.07, 6.45) is 1.25. The van der Waals surface area contributed by atoms with Gasteiger partial charge in [-0.1, -0.05) is 12.1 Å². The summed E-state index contributed by atoms with van der Waals surface area (Å²) in [7, 11) is 0. The molecule has 1 aliphatic rings. The Morgan fingerprint density at radius 2 is 2.03 bits per heavy atom. The van der Waals surface area contributed by atoms with Crippen molar-refractivity contribution in [2.45, 2.75) is 39.3 Å². The maximum Gasteiger partial charge on any atom is 0.272 e. The molecule has 3 rings (SSSR count). The quantitative estimate of drug-likeness (QED) is 0.534. The second-order valence-electron chi connectivity index (χ2n) is 7.40. The van der Waals surface area contributed by atoms with Gasteiger partial charge in [0.2, 0.25) is 5.91 Å². The van der Waals surface area contributed by atoms with Crippen molar-refractivity contribution in [2.24, 2.45) is 0 Å². The number of hydrogen-bond donors (Lipinski definition) is 0. The lowest BCUT2D eigenvalue weighted by molar-refractivity contribution is -0.385. The van der Waals surface area contributed by atoms with E-state index in [4.69, 9.17) is 0 Å². The van der Waals surface area contributed by atoms with Crippen molar-refractivity contribution >= 4 is 17.5 Å². The minimum atomic E-state index is -0.596. The fraction of sp³-hybridized carbons (Fsp3) is 0.364. The normalized spacial score (nSPS) is 15.8. The van der Waals surface area contributed by atoms with E-state index in [0.29, 0.717) is 42.6 Å². The van der Waals surface area contributed by atoms with Crippen molar-refractivity contribution < 1.29 is 18.9 Å². The van der Waals surface area contributed by atoms with Crippen molar-refractivity contribution in [1.29, 1.82) is 0 Å². The van der Waals surface area contributed by atoms with Crippen LogP contribution in [0.2, 0.25) is 0 Å². The number of aryl methyl sites for hydroxylation is 1. The Bertz CT molecular complexity index is 979. The lowest BCUT2D eigenvalue weighted by Gasteiger charge is -2.30. The van der Waals surface area contributed by atoms with Crippen LogP contribution in [0.1, 0.15) is 41.3 Å². The summed E-state index contributed by atoms with van der Waals surface area (Å²) in [6, 6.07) is 9.75.